The summed E-state index contributed by atoms with van der Waals surface area (Å²) < 4.78 is 10.8. The van der Waals surface area contributed by atoms with Crippen molar-refractivity contribution in [2.75, 3.05) is 13.2 Å². The number of benzene rings is 1. The minimum atomic E-state index is -0.493. The number of aromatic amines is 1. The summed E-state index contributed by atoms with van der Waals surface area (Å²) in [5.74, 6) is 0.724. The lowest BCUT2D eigenvalue weighted by molar-refractivity contribution is 0.0525. The molecule has 0 saturated heterocycles. The molecule has 0 radical (unpaired) electrons. The Hall–Kier alpha value is -2.50. The topological polar surface area (TPSA) is 80.4 Å². The quantitative estimate of drug-likeness (QED) is 0.831. The number of aromatic nitrogens is 1. The van der Waals surface area contributed by atoms with E-state index in [0.29, 0.717) is 19.6 Å². The van der Waals surface area contributed by atoms with Gasteiger partial charge < -0.3 is 19.8 Å². The monoisotopic (exact) mass is 318 g/mol. The predicted molar refractivity (Wildman–Crippen MR) is 88.9 cm³/mol. The summed E-state index contributed by atoms with van der Waals surface area (Å²) in [7, 11) is 0. The van der Waals surface area contributed by atoms with Gasteiger partial charge in [-0.3, -0.25) is 4.79 Å². The van der Waals surface area contributed by atoms with Crippen LogP contribution in [-0.4, -0.2) is 29.8 Å². The maximum absolute atomic E-state index is 11.5. The smallest absolute Gasteiger partial charge is 0.407 e. The van der Waals surface area contributed by atoms with Crippen LogP contribution in [0.1, 0.15) is 27.2 Å². The van der Waals surface area contributed by atoms with Crippen LogP contribution in [0.2, 0.25) is 0 Å². The number of nitrogens with one attached hydrogen (secondary N) is 2. The molecule has 0 aliphatic rings. The summed E-state index contributed by atoms with van der Waals surface area (Å²) in [6, 6.07) is 8.72. The molecule has 0 unspecified atom stereocenters. The van der Waals surface area contributed by atoms with Gasteiger partial charge in [-0.15, -0.1) is 0 Å². The van der Waals surface area contributed by atoms with Crippen molar-refractivity contribution in [3.8, 4) is 5.75 Å². The molecule has 0 spiro atoms. The summed E-state index contributed by atoms with van der Waals surface area (Å²) >= 11 is 0. The van der Waals surface area contributed by atoms with E-state index in [1.165, 1.54) is 6.07 Å². The third kappa shape index (κ3) is 5.65. The molecule has 0 bridgehead atoms. The fraction of sp³-hybridized carbons (Fsp3) is 0.412. The van der Waals surface area contributed by atoms with Crippen molar-refractivity contribution in [3.63, 3.8) is 0 Å². The zero-order valence-corrected chi connectivity index (χ0v) is 13.6. The Morgan fingerprint density at radius 3 is 2.74 bits per heavy atom. The first-order chi connectivity index (χ1) is 10.8. The van der Waals surface area contributed by atoms with Crippen LogP contribution in [0, 0.1) is 0 Å². The van der Waals surface area contributed by atoms with E-state index in [-0.39, 0.29) is 5.56 Å². The minimum Gasteiger partial charge on any atom is -0.494 e. The second-order valence-corrected chi connectivity index (χ2v) is 6.20. The molecule has 0 aliphatic heterocycles. The molecule has 23 heavy (non-hydrogen) atoms. The summed E-state index contributed by atoms with van der Waals surface area (Å²) in [5, 5.41) is 3.59. The number of rotatable bonds is 5. The van der Waals surface area contributed by atoms with E-state index in [1.54, 1.807) is 12.1 Å². The predicted octanol–water partition coefficient (Wildman–Crippen LogP) is 2.82. The minimum absolute atomic E-state index is 0.126. The highest BCUT2D eigenvalue weighted by molar-refractivity contribution is 5.79. The number of carbonyl (C=O) groups excluding carboxylic acids is 1. The van der Waals surface area contributed by atoms with Crippen LogP contribution in [0.3, 0.4) is 0 Å². The summed E-state index contributed by atoms with van der Waals surface area (Å²) in [6.45, 7) is 6.43. The number of fused-ring (bicyclic) bond motifs is 1. The molecule has 0 fully saturated rings. The molecule has 0 atom stereocenters. The number of pyridine rings is 1. The van der Waals surface area contributed by atoms with Gasteiger partial charge in [0.2, 0.25) is 5.56 Å². The van der Waals surface area contributed by atoms with Crippen molar-refractivity contribution in [2.24, 2.45) is 0 Å². The van der Waals surface area contributed by atoms with E-state index in [0.717, 1.165) is 16.7 Å². The van der Waals surface area contributed by atoms with Gasteiger partial charge in [0.25, 0.3) is 0 Å². The molecule has 1 aromatic heterocycles. The van der Waals surface area contributed by atoms with Crippen LogP contribution in [0.15, 0.2) is 35.1 Å². The van der Waals surface area contributed by atoms with Gasteiger partial charge in [-0.05, 0) is 51.5 Å². The molecule has 1 aromatic carbocycles. The van der Waals surface area contributed by atoms with Gasteiger partial charge >= 0.3 is 6.09 Å². The highest BCUT2D eigenvalue weighted by atomic mass is 16.6. The standard InChI is InChI=1S/C17H22N2O4/c1-17(2,3)23-16(21)18-9-4-10-22-13-6-7-14-12(11-13)5-8-15(20)19-14/h5-8,11H,4,9-10H2,1-3H3,(H,18,21)(H,19,20). The van der Waals surface area contributed by atoms with E-state index >= 15 is 0 Å². The molecular weight excluding hydrogens is 296 g/mol. The van der Waals surface area contributed by atoms with E-state index < -0.39 is 11.7 Å². The first-order valence-corrected chi connectivity index (χ1v) is 7.56. The van der Waals surface area contributed by atoms with E-state index in [4.69, 9.17) is 9.47 Å². The number of H-pyrrole nitrogens is 1. The molecule has 2 aromatic rings. The lowest BCUT2D eigenvalue weighted by atomic mass is 10.2. The van der Waals surface area contributed by atoms with Gasteiger partial charge in [-0.25, -0.2) is 4.79 Å². The fourth-order valence-corrected chi connectivity index (χ4v) is 1.99. The summed E-state index contributed by atoms with van der Waals surface area (Å²) in [6.07, 6.45) is 0.246. The van der Waals surface area contributed by atoms with E-state index in [1.807, 2.05) is 32.9 Å². The maximum atomic E-state index is 11.5. The third-order valence-corrected chi connectivity index (χ3v) is 2.95. The Labute approximate surface area is 134 Å². The van der Waals surface area contributed by atoms with Crippen LogP contribution >= 0.6 is 0 Å². The molecule has 124 valence electrons. The average Bonchev–Trinajstić information content (AvgIpc) is 2.45. The molecule has 0 aliphatic carbocycles. The van der Waals surface area contributed by atoms with Gasteiger partial charge in [-0.1, -0.05) is 0 Å². The Morgan fingerprint density at radius 2 is 2.00 bits per heavy atom. The van der Waals surface area contributed by atoms with Crippen LogP contribution in [0.5, 0.6) is 5.75 Å². The van der Waals surface area contributed by atoms with Gasteiger partial charge in [-0.2, -0.15) is 0 Å². The number of hydrogen-bond acceptors (Lipinski definition) is 4. The largest absolute Gasteiger partial charge is 0.494 e. The number of alkyl carbamates (subject to hydrolysis) is 1. The van der Waals surface area contributed by atoms with Crippen molar-refractivity contribution < 1.29 is 14.3 Å². The molecule has 1 amide bonds. The highest BCUT2D eigenvalue weighted by Gasteiger charge is 2.15. The van der Waals surface area contributed by atoms with Gasteiger partial charge in [0.1, 0.15) is 11.4 Å². The lowest BCUT2D eigenvalue weighted by Crippen LogP contribution is -2.33. The van der Waals surface area contributed by atoms with Gasteiger partial charge in [0.05, 0.1) is 6.61 Å². The maximum Gasteiger partial charge on any atom is 0.407 e. The van der Waals surface area contributed by atoms with Crippen LogP contribution in [-0.2, 0) is 4.74 Å². The molecular formula is C17H22N2O4. The third-order valence-electron chi connectivity index (χ3n) is 2.95. The number of carbonyl (C=O) groups is 1. The molecule has 2 N–H and O–H groups in total. The van der Waals surface area contributed by atoms with E-state index in [2.05, 4.69) is 10.3 Å². The second-order valence-electron chi connectivity index (χ2n) is 6.20. The first kappa shape index (κ1) is 16.9. The lowest BCUT2D eigenvalue weighted by Gasteiger charge is -2.19. The Morgan fingerprint density at radius 1 is 1.22 bits per heavy atom. The van der Waals surface area contributed by atoms with Gasteiger partial charge in [0.15, 0.2) is 0 Å². The van der Waals surface area contributed by atoms with Crippen LogP contribution in [0.4, 0.5) is 4.79 Å². The second kappa shape index (κ2) is 7.17. The average molecular weight is 318 g/mol. The summed E-state index contributed by atoms with van der Waals surface area (Å²) in [5.41, 5.74) is 0.156. The van der Waals surface area contributed by atoms with Crippen molar-refractivity contribution in [3.05, 3.63) is 40.7 Å². The molecule has 1 heterocycles. The number of ether oxygens (including phenoxy) is 2. The zero-order chi connectivity index (χ0) is 16.9. The first-order valence-electron chi connectivity index (χ1n) is 7.56. The van der Waals surface area contributed by atoms with Crippen molar-refractivity contribution >= 4 is 17.0 Å². The SMILES string of the molecule is CC(C)(C)OC(=O)NCCCOc1ccc2[nH]c(=O)ccc2c1. The normalized spacial score (nSPS) is 11.3. The fourth-order valence-electron chi connectivity index (χ4n) is 1.99. The molecule has 6 heteroatoms. The van der Waals surface area contributed by atoms with Crippen LogP contribution in [0.25, 0.3) is 10.9 Å². The van der Waals surface area contributed by atoms with Crippen molar-refractivity contribution in [1.82, 2.24) is 10.3 Å². The Bertz CT molecular complexity index is 731. The molecule has 6 nitrogen and oxygen atoms in total. The Balaban J connectivity index is 1.75. The number of amides is 1. The molecule has 0 saturated carbocycles. The highest BCUT2D eigenvalue weighted by Crippen LogP contribution is 2.18. The zero-order valence-electron chi connectivity index (χ0n) is 13.6. The van der Waals surface area contributed by atoms with Crippen LogP contribution < -0.4 is 15.6 Å². The Kier molecular flexibility index (Phi) is 5.26. The number of hydrogen-bond donors (Lipinski definition) is 2. The van der Waals surface area contributed by atoms with Crippen molar-refractivity contribution in [2.45, 2.75) is 32.8 Å². The van der Waals surface area contributed by atoms with Crippen molar-refractivity contribution in [1.29, 1.82) is 0 Å². The van der Waals surface area contributed by atoms with Gasteiger partial charge in [0, 0.05) is 23.5 Å². The summed E-state index contributed by atoms with van der Waals surface area (Å²) in [4.78, 5) is 25.4. The van der Waals surface area contributed by atoms with E-state index in [9.17, 15) is 9.59 Å². The molecule has 2 rings (SSSR count).